The van der Waals surface area contributed by atoms with Crippen LogP contribution in [0.5, 0.6) is 0 Å². The molecule has 0 aromatic heterocycles. The van der Waals surface area contributed by atoms with E-state index in [1.165, 1.54) is 229 Å². The number of unbranched alkanes of at least 4 members (excludes halogenated alkanes) is 31. The Bertz CT molecular complexity index is 442. The highest BCUT2D eigenvalue weighted by molar-refractivity contribution is 4.52. The van der Waals surface area contributed by atoms with Crippen molar-refractivity contribution in [1.29, 1.82) is 0 Å². The van der Waals surface area contributed by atoms with Crippen molar-refractivity contribution in [2.24, 2.45) is 0 Å². The van der Waals surface area contributed by atoms with Gasteiger partial charge >= 0.3 is 0 Å². The van der Waals surface area contributed by atoms with Crippen molar-refractivity contribution in [2.45, 2.75) is 226 Å². The van der Waals surface area contributed by atoms with Gasteiger partial charge < -0.3 is 4.48 Å². The lowest BCUT2D eigenvalue weighted by Gasteiger charge is -2.30. The molecule has 0 saturated heterocycles. The monoisotopic (exact) mass is 565 g/mol. The molecule has 0 aliphatic rings. The predicted octanol–water partition coefficient (Wildman–Crippen LogP) is 14.0. The van der Waals surface area contributed by atoms with Crippen LogP contribution in [0.3, 0.4) is 0 Å². The Kier molecular flexibility index (Phi) is 33.4. The average molecular weight is 565 g/mol. The molecular formula is C39H82N+. The molecule has 1 heteroatoms. The molecule has 0 aliphatic carbocycles. The molecule has 0 heterocycles. The van der Waals surface area contributed by atoms with Crippen LogP contribution in [0.25, 0.3) is 0 Å². The minimum atomic E-state index is 1.25. The topological polar surface area (TPSA) is 0 Å². The van der Waals surface area contributed by atoms with Crippen LogP contribution in [0.2, 0.25) is 0 Å². The van der Waals surface area contributed by atoms with Crippen LogP contribution in [-0.2, 0) is 0 Å². The van der Waals surface area contributed by atoms with E-state index >= 15 is 0 Å². The van der Waals surface area contributed by atoms with Crippen LogP contribution in [0.15, 0.2) is 0 Å². The quantitative estimate of drug-likeness (QED) is 0.0530. The lowest BCUT2D eigenvalue weighted by atomic mass is 10.0. The molecule has 0 spiro atoms. The second-order valence-corrected chi connectivity index (χ2v) is 14.3. The Morgan fingerprint density at radius 2 is 0.375 bits per heavy atom. The third-order valence-corrected chi connectivity index (χ3v) is 9.48. The zero-order chi connectivity index (χ0) is 29.2. The van der Waals surface area contributed by atoms with Crippen LogP contribution < -0.4 is 0 Å². The maximum absolute atomic E-state index is 2.47. The van der Waals surface area contributed by atoms with Crippen molar-refractivity contribution in [3.8, 4) is 0 Å². The van der Waals surface area contributed by atoms with Crippen LogP contribution in [0, 0.1) is 0 Å². The molecule has 0 saturated carbocycles. The van der Waals surface area contributed by atoms with Gasteiger partial charge in [-0.1, -0.05) is 200 Å². The number of hydrogen-bond acceptors (Lipinski definition) is 0. The summed E-state index contributed by atoms with van der Waals surface area (Å²) in [6, 6.07) is 0. The van der Waals surface area contributed by atoms with Gasteiger partial charge in [0.05, 0.1) is 27.2 Å². The maximum atomic E-state index is 2.47. The van der Waals surface area contributed by atoms with Crippen molar-refractivity contribution in [1.82, 2.24) is 0 Å². The van der Waals surface area contributed by atoms with Crippen LogP contribution in [0.1, 0.15) is 226 Å². The summed E-state index contributed by atoms with van der Waals surface area (Å²) >= 11 is 0. The maximum Gasteiger partial charge on any atom is 0.0782 e. The van der Waals surface area contributed by atoms with E-state index in [9.17, 15) is 0 Å². The lowest BCUT2D eigenvalue weighted by Crippen LogP contribution is -2.41. The van der Waals surface area contributed by atoms with Gasteiger partial charge in [0.1, 0.15) is 0 Å². The summed E-state index contributed by atoms with van der Waals surface area (Å²) in [5, 5.41) is 0. The first-order chi connectivity index (χ1) is 19.6. The molecule has 40 heavy (non-hydrogen) atoms. The highest BCUT2D eigenvalue weighted by Crippen LogP contribution is 2.16. The number of nitrogens with zero attached hydrogens (tertiary/aromatic N) is 1. The smallest absolute Gasteiger partial charge is 0.0782 e. The van der Waals surface area contributed by atoms with Gasteiger partial charge in [0.2, 0.25) is 0 Å². The van der Waals surface area contributed by atoms with E-state index in [-0.39, 0.29) is 0 Å². The Balaban J connectivity index is 3.26. The number of hydrogen-bond donors (Lipinski definition) is 0. The molecule has 0 N–H and O–H groups in total. The summed E-state index contributed by atoms with van der Waals surface area (Å²) in [5.41, 5.74) is 0. The molecule has 1 nitrogen and oxygen atoms in total. The van der Waals surface area contributed by atoms with Gasteiger partial charge in [-0.2, -0.15) is 0 Å². The summed E-state index contributed by atoms with van der Waals surface area (Å²) < 4.78 is 1.25. The first-order valence-corrected chi connectivity index (χ1v) is 19.4. The van der Waals surface area contributed by atoms with E-state index < -0.39 is 0 Å². The first-order valence-electron chi connectivity index (χ1n) is 19.4. The molecule has 0 bridgehead atoms. The fourth-order valence-electron chi connectivity index (χ4n) is 6.46. The van der Waals surface area contributed by atoms with E-state index in [0.717, 1.165) is 0 Å². The van der Waals surface area contributed by atoms with Gasteiger partial charge in [-0.25, -0.2) is 0 Å². The first kappa shape index (κ1) is 40.0. The number of quaternary nitrogens is 1. The van der Waals surface area contributed by atoms with E-state index in [4.69, 9.17) is 0 Å². The summed E-state index contributed by atoms with van der Waals surface area (Å²) in [6.07, 6.45) is 48.4. The Morgan fingerprint density at radius 3 is 0.550 bits per heavy atom. The third kappa shape index (κ3) is 34.2. The van der Waals surface area contributed by atoms with Crippen molar-refractivity contribution >= 4 is 0 Å². The van der Waals surface area contributed by atoms with Crippen molar-refractivity contribution < 1.29 is 4.48 Å². The molecule has 0 atom stereocenters. The van der Waals surface area contributed by atoms with Crippen LogP contribution in [0.4, 0.5) is 0 Å². The molecular weight excluding hydrogens is 482 g/mol. The second kappa shape index (κ2) is 33.5. The van der Waals surface area contributed by atoms with Gasteiger partial charge in [0.25, 0.3) is 0 Å². The van der Waals surface area contributed by atoms with E-state index in [1.807, 2.05) is 0 Å². The molecule has 0 amide bonds. The molecule has 0 aromatic rings. The molecule has 0 radical (unpaired) electrons. The molecule has 0 aliphatic heterocycles. The SMILES string of the molecule is CCCCCCCCCCCCCCCCCCC[N+](C)(C)CCCCCCCCCCCCCCCCCC. The predicted molar refractivity (Wildman–Crippen MR) is 186 cm³/mol. The fourth-order valence-corrected chi connectivity index (χ4v) is 6.46. The van der Waals surface area contributed by atoms with Gasteiger partial charge in [-0.05, 0) is 25.7 Å². The fraction of sp³-hybridized carbons (Fsp3) is 1.00. The molecule has 0 aromatic carbocycles. The average Bonchev–Trinajstić information content (AvgIpc) is 2.94. The third-order valence-electron chi connectivity index (χ3n) is 9.48. The highest BCUT2D eigenvalue weighted by Gasteiger charge is 2.13. The van der Waals surface area contributed by atoms with Crippen molar-refractivity contribution in [3.63, 3.8) is 0 Å². The summed E-state index contributed by atoms with van der Waals surface area (Å²) in [4.78, 5) is 0. The van der Waals surface area contributed by atoms with Crippen LogP contribution >= 0.6 is 0 Å². The highest BCUT2D eigenvalue weighted by atomic mass is 15.3. The zero-order valence-corrected chi connectivity index (χ0v) is 29.2. The van der Waals surface area contributed by atoms with Crippen molar-refractivity contribution in [3.05, 3.63) is 0 Å². The Morgan fingerprint density at radius 1 is 0.225 bits per heavy atom. The second-order valence-electron chi connectivity index (χ2n) is 14.3. The Hall–Kier alpha value is -0.0400. The minimum Gasteiger partial charge on any atom is -0.328 e. The summed E-state index contributed by atoms with van der Waals surface area (Å²) in [6.45, 7) is 7.39. The van der Waals surface area contributed by atoms with E-state index in [0.29, 0.717) is 0 Å². The lowest BCUT2D eigenvalue weighted by molar-refractivity contribution is -0.890. The van der Waals surface area contributed by atoms with Gasteiger partial charge in [-0.3, -0.25) is 0 Å². The standard InChI is InChI=1S/C39H82N/c1-5-7-9-11-13-15-17-19-21-23-25-27-29-31-33-35-37-39-40(3,4)38-36-34-32-30-28-26-24-22-20-18-16-14-12-10-8-6-2/h5-39H2,1-4H3/q+1. The zero-order valence-electron chi connectivity index (χ0n) is 29.2. The van der Waals surface area contributed by atoms with E-state index in [1.54, 1.807) is 0 Å². The largest absolute Gasteiger partial charge is 0.328 e. The van der Waals surface area contributed by atoms with E-state index in [2.05, 4.69) is 27.9 Å². The molecule has 0 unspecified atom stereocenters. The van der Waals surface area contributed by atoms with Crippen molar-refractivity contribution in [2.75, 3.05) is 27.2 Å². The molecule has 0 fully saturated rings. The van der Waals surface area contributed by atoms with Crippen LogP contribution in [-0.4, -0.2) is 31.7 Å². The Labute approximate surface area is 257 Å². The summed E-state index contributed by atoms with van der Waals surface area (Å²) in [7, 11) is 4.94. The van der Waals surface area contributed by atoms with Gasteiger partial charge in [-0.15, -0.1) is 0 Å². The van der Waals surface area contributed by atoms with Gasteiger partial charge in [0, 0.05) is 0 Å². The number of rotatable bonds is 35. The minimum absolute atomic E-state index is 1.25. The summed E-state index contributed by atoms with van der Waals surface area (Å²) in [5.74, 6) is 0. The van der Waals surface area contributed by atoms with Gasteiger partial charge in [0.15, 0.2) is 0 Å². The normalized spacial score (nSPS) is 12.0. The molecule has 0 rings (SSSR count). The molecule has 242 valence electrons.